The summed E-state index contributed by atoms with van der Waals surface area (Å²) in [6.07, 6.45) is 10.1. The van der Waals surface area contributed by atoms with Crippen LogP contribution in [-0.4, -0.2) is 0 Å². The first-order valence-electron chi connectivity index (χ1n) is 4.28. The first-order chi connectivity index (χ1) is 5.66. The van der Waals surface area contributed by atoms with Gasteiger partial charge < -0.3 is 0 Å². The van der Waals surface area contributed by atoms with Crippen LogP contribution in [0.4, 0.5) is 0 Å². The molecule has 0 bridgehead atoms. The van der Waals surface area contributed by atoms with Gasteiger partial charge in [-0.1, -0.05) is 42.0 Å². The molecule has 0 rings (SSSR count). The molecule has 12 heavy (non-hydrogen) atoms. The molecule has 0 atom stereocenters. The molecule has 0 N–H and O–H groups in total. The second kappa shape index (κ2) is 6.66. The van der Waals surface area contributed by atoms with E-state index in [2.05, 4.69) is 13.2 Å². The van der Waals surface area contributed by atoms with E-state index in [9.17, 15) is 0 Å². The van der Waals surface area contributed by atoms with Crippen LogP contribution in [0.1, 0.15) is 26.7 Å². The topological polar surface area (TPSA) is 0 Å². The molecule has 0 aliphatic rings. The van der Waals surface area contributed by atoms with Gasteiger partial charge in [-0.15, -0.1) is 6.58 Å². The van der Waals surface area contributed by atoms with E-state index in [4.69, 9.17) is 0 Å². The smallest absolute Gasteiger partial charge is 0.0248 e. The van der Waals surface area contributed by atoms with Gasteiger partial charge in [0.15, 0.2) is 0 Å². The summed E-state index contributed by atoms with van der Waals surface area (Å²) in [6.45, 7) is 11.8. The van der Waals surface area contributed by atoms with Gasteiger partial charge in [-0.25, -0.2) is 0 Å². The van der Waals surface area contributed by atoms with Gasteiger partial charge in [0.2, 0.25) is 0 Å². The number of hydrogen-bond donors (Lipinski definition) is 0. The largest absolute Gasteiger partial charge is 0.100 e. The highest BCUT2D eigenvalue weighted by atomic mass is 13.9. The predicted molar refractivity (Wildman–Crippen MR) is 57.1 cm³/mol. The molecule has 0 spiro atoms. The normalized spacial score (nSPS) is 11.2. The average Bonchev–Trinajstić information content (AvgIpc) is 2.01. The van der Waals surface area contributed by atoms with Crippen molar-refractivity contribution in [2.24, 2.45) is 0 Å². The van der Waals surface area contributed by atoms with Crippen molar-refractivity contribution in [3.63, 3.8) is 0 Å². The van der Waals surface area contributed by atoms with Gasteiger partial charge in [0, 0.05) is 0 Å². The quantitative estimate of drug-likeness (QED) is 0.423. The van der Waals surface area contributed by atoms with Crippen LogP contribution < -0.4 is 0 Å². The van der Waals surface area contributed by atoms with Gasteiger partial charge in [-0.3, -0.25) is 0 Å². The molecule has 0 saturated carbocycles. The highest BCUT2D eigenvalue weighted by Gasteiger charge is 1.88. The third kappa shape index (κ3) is 7.07. The average molecular weight is 162 g/mol. The summed E-state index contributed by atoms with van der Waals surface area (Å²) in [4.78, 5) is 0. The third-order valence-electron chi connectivity index (χ3n) is 1.51. The Labute approximate surface area is 76.0 Å². The molecule has 0 aromatic heterocycles. The van der Waals surface area contributed by atoms with Gasteiger partial charge in [0.25, 0.3) is 0 Å². The van der Waals surface area contributed by atoms with E-state index in [-0.39, 0.29) is 0 Å². The summed E-state index contributed by atoms with van der Waals surface area (Å²) in [5.41, 5.74) is 2.38. The Balaban J connectivity index is 3.67. The molecule has 66 valence electrons. The van der Waals surface area contributed by atoms with E-state index in [1.54, 1.807) is 0 Å². The molecule has 0 heterocycles. The minimum atomic E-state index is 1.02. The zero-order valence-electron chi connectivity index (χ0n) is 8.14. The maximum atomic E-state index is 3.94. The molecule has 0 nitrogen and oxygen atoms in total. The van der Waals surface area contributed by atoms with Crippen LogP contribution in [0.15, 0.2) is 48.6 Å². The minimum Gasteiger partial charge on any atom is -0.100 e. The highest BCUT2D eigenvalue weighted by molar-refractivity contribution is 5.19. The van der Waals surface area contributed by atoms with Gasteiger partial charge in [-0.2, -0.15) is 0 Å². The summed E-state index contributed by atoms with van der Waals surface area (Å²) in [7, 11) is 0. The molecule has 0 radical (unpaired) electrons. The summed E-state index contributed by atoms with van der Waals surface area (Å²) in [6, 6.07) is 0. The third-order valence-corrected chi connectivity index (χ3v) is 1.51. The molecular weight excluding hydrogens is 144 g/mol. The molecule has 0 fully saturated rings. The molecule has 0 amide bonds. The molecule has 0 aromatic carbocycles. The summed E-state index contributed by atoms with van der Waals surface area (Å²) in [5, 5.41) is 0. The molecule has 0 unspecified atom stereocenters. The number of allylic oxidation sites excluding steroid dienone is 6. The van der Waals surface area contributed by atoms with E-state index < -0.39 is 0 Å². The zero-order valence-corrected chi connectivity index (χ0v) is 8.14. The first kappa shape index (κ1) is 11.0. The van der Waals surface area contributed by atoms with Gasteiger partial charge in [0.1, 0.15) is 0 Å². The Morgan fingerprint density at radius 1 is 1.17 bits per heavy atom. The fourth-order valence-corrected chi connectivity index (χ4v) is 0.760. The zero-order chi connectivity index (χ0) is 9.40. The van der Waals surface area contributed by atoms with Crippen molar-refractivity contribution in [2.45, 2.75) is 26.7 Å². The maximum absolute atomic E-state index is 3.94. The van der Waals surface area contributed by atoms with Crippen LogP contribution in [0.25, 0.3) is 0 Å². The Morgan fingerprint density at radius 3 is 2.33 bits per heavy atom. The van der Waals surface area contributed by atoms with Crippen LogP contribution in [0.5, 0.6) is 0 Å². The Kier molecular flexibility index (Phi) is 6.08. The van der Waals surface area contributed by atoms with Crippen molar-refractivity contribution in [2.75, 3.05) is 0 Å². The van der Waals surface area contributed by atoms with Crippen molar-refractivity contribution in [3.8, 4) is 0 Å². The first-order valence-corrected chi connectivity index (χ1v) is 4.28. The minimum absolute atomic E-state index is 1.02. The molecule has 0 aromatic rings. The van der Waals surface area contributed by atoms with E-state index in [0.29, 0.717) is 0 Å². The number of hydrogen-bond acceptors (Lipinski definition) is 0. The highest BCUT2D eigenvalue weighted by Crippen LogP contribution is 2.08. The van der Waals surface area contributed by atoms with Crippen molar-refractivity contribution in [1.82, 2.24) is 0 Å². The lowest BCUT2D eigenvalue weighted by Gasteiger charge is -1.98. The molecule has 0 saturated heterocycles. The van der Waals surface area contributed by atoms with Crippen LogP contribution in [0.2, 0.25) is 0 Å². The van der Waals surface area contributed by atoms with Crippen molar-refractivity contribution >= 4 is 0 Å². The fourth-order valence-electron chi connectivity index (χ4n) is 0.760. The van der Waals surface area contributed by atoms with E-state index in [0.717, 1.165) is 18.4 Å². The van der Waals surface area contributed by atoms with Crippen molar-refractivity contribution in [3.05, 3.63) is 48.6 Å². The van der Waals surface area contributed by atoms with Crippen LogP contribution in [0.3, 0.4) is 0 Å². The van der Waals surface area contributed by atoms with Crippen molar-refractivity contribution < 1.29 is 0 Å². The second-order valence-electron chi connectivity index (χ2n) is 3.00. The SMILES string of the molecule is C=C(C)CCC(=C)/C=C\C=C/C. The summed E-state index contributed by atoms with van der Waals surface area (Å²) < 4.78 is 0. The standard InChI is InChI=1S/C12H18/c1-5-6-7-8-12(4)10-9-11(2)3/h5-8H,2,4,9-10H2,1,3H3/b6-5-,8-7-. The van der Waals surface area contributed by atoms with E-state index in [1.165, 1.54) is 5.57 Å². The summed E-state index contributed by atoms with van der Waals surface area (Å²) >= 11 is 0. The fraction of sp³-hybridized carbons (Fsp3) is 0.333. The molecular formula is C12H18. The lowest BCUT2D eigenvalue weighted by Crippen LogP contribution is -1.78. The van der Waals surface area contributed by atoms with Crippen molar-refractivity contribution in [1.29, 1.82) is 0 Å². The van der Waals surface area contributed by atoms with Crippen LogP contribution in [-0.2, 0) is 0 Å². The van der Waals surface area contributed by atoms with Gasteiger partial charge in [0.05, 0.1) is 0 Å². The molecule has 0 aliphatic heterocycles. The Bertz CT molecular complexity index is 204. The molecule has 0 aliphatic carbocycles. The summed E-state index contributed by atoms with van der Waals surface area (Å²) in [5.74, 6) is 0. The van der Waals surface area contributed by atoms with Gasteiger partial charge >= 0.3 is 0 Å². The maximum Gasteiger partial charge on any atom is -0.0248 e. The molecule has 0 heteroatoms. The second-order valence-corrected chi connectivity index (χ2v) is 3.00. The Morgan fingerprint density at radius 2 is 1.83 bits per heavy atom. The monoisotopic (exact) mass is 162 g/mol. The van der Waals surface area contributed by atoms with E-state index >= 15 is 0 Å². The number of rotatable bonds is 5. The lowest BCUT2D eigenvalue weighted by atomic mass is 10.1. The Hall–Kier alpha value is -1.04. The van der Waals surface area contributed by atoms with Gasteiger partial charge in [-0.05, 0) is 26.7 Å². The van der Waals surface area contributed by atoms with Crippen LogP contribution >= 0.6 is 0 Å². The predicted octanol–water partition coefficient (Wildman–Crippen LogP) is 4.03. The lowest BCUT2D eigenvalue weighted by molar-refractivity contribution is 0.954. The van der Waals surface area contributed by atoms with E-state index in [1.807, 2.05) is 38.2 Å². The van der Waals surface area contributed by atoms with Crippen LogP contribution in [0, 0.1) is 0 Å².